The molecule has 1 heterocycles. The first-order valence-corrected chi connectivity index (χ1v) is 11.8. The van der Waals surface area contributed by atoms with E-state index in [-0.39, 0.29) is 23.8 Å². The fraction of sp³-hybridized carbons (Fsp3) is 0.368. The summed E-state index contributed by atoms with van der Waals surface area (Å²) in [5.74, 6) is -0.481. The van der Waals surface area contributed by atoms with Crippen LogP contribution in [-0.2, 0) is 30.9 Å². The summed E-state index contributed by atoms with van der Waals surface area (Å²) < 4.78 is 37.6. The second-order valence-electron chi connectivity index (χ2n) is 6.17. The van der Waals surface area contributed by atoms with Crippen molar-refractivity contribution < 1.29 is 27.5 Å². The van der Waals surface area contributed by atoms with E-state index < -0.39 is 22.6 Å². The van der Waals surface area contributed by atoms with E-state index in [9.17, 15) is 18.0 Å². The fourth-order valence-corrected chi connectivity index (χ4v) is 4.51. The van der Waals surface area contributed by atoms with Crippen molar-refractivity contribution in [2.75, 3.05) is 26.8 Å². The number of thiophene rings is 1. The van der Waals surface area contributed by atoms with Crippen molar-refractivity contribution in [2.45, 2.75) is 24.8 Å². The number of carbonyl (C=O) groups excluding carboxylic acids is 2. The number of benzene rings is 1. The van der Waals surface area contributed by atoms with Gasteiger partial charge in [0.2, 0.25) is 10.0 Å². The Morgan fingerprint density at radius 3 is 2.47 bits per heavy atom. The first kappa shape index (κ1) is 24.1. The second-order valence-corrected chi connectivity index (χ2v) is 9.74. The van der Waals surface area contributed by atoms with E-state index in [4.69, 9.17) is 21.1 Å². The maximum absolute atomic E-state index is 12.2. The minimum absolute atomic E-state index is 0.0600. The lowest BCUT2D eigenvalue weighted by Gasteiger charge is -2.16. The van der Waals surface area contributed by atoms with Crippen molar-refractivity contribution in [2.24, 2.45) is 0 Å². The number of hydrogen-bond acceptors (Lipinski definition) is 7. The second kappa shape index (κ2) is 11.3. The number of likely N-dealkylation sites (N-methyl/N-ethyl adjacent to an activating group) is 1. The van der Waals surface area contributed by atoms with E-state index in [1.54, 1.807) is 25.2 Å². The highest BCUT2D eigenvalue weighted by Crippen LogP contribution is 2.22. The summed E-state index contributed by atoms with van der Waals surface area (Å²) in [5, 5.41) is 0. The van der Waals surface area contributed by atoms with Crippen LogP contribution in [0.5, 0.6) is 5.75 Å². The van der Waals surface area contributed by atoms with Crippen LogP contribution in [0.4, 0.5) is 0 Å². The van der Waals surface area contributed by atoms with Crippen molar-refractivity contribution in [1.82, 2.24) is 9.62 Å². The zero-order chi connectivity index (χ0) is 22.1. The van der Waals surface area contributed by atoms with Crippen LogP contribution in [0.2, 0.25) is 4.34 Å². The van der Waals surface area contributed by atoms with Crippen LogP contribution in [0.3, 0.4) is 0 Å². The Bertz CT molecular complexity index is 960. The number of ether oxygens (including phenoxy) is 2. The molecule has 2 aromatic rings. The molecule has 0 unspecified atom stereocenters. The lowest BCUT2D eigenvalue weighted by molar-refractivity contribution is -0.151. The average molecular weight is 475 g/mol. The molecule has 1 aromatic carbocycles. The van der Waals surface area contributed by atoms with E-state index in [1.807, 2.05) is 13.0 Å². The van der Waals surface area contributed by atoms with Gasteiger partial charge in [-0.05, 0) is 43.3 Å². The normalized spacial score (nSPS) is 11.2. The number of halogens is 1. The molecule has 0 fully saturated rings. The van der Waals surface area contributed by atoms with Crippen LogP contribution in [0.25, 0.3) is 0 Å². The largest absolute Gasteiger partial charge is 0.494 e. The highest BCUT2D eigenvalue weighted by molar-refractivity contribution is 7.89. The first-order valence-electron chi connectivity index (χ1n) is 9.07. The highest BCUT2D eigenvalue weighted by Gasteiger charge is 2.16. The van der Waals surface area contributed by atoms with Crippen molar-refractivity contribution in [3.63, 3.8) is 0 Å². The number of carbonyl (C=O) groups is 2. The average Bonchev–Trinajstić information content (AvgIpc) is 3.11. The van der Waals surface area contributed by atoms with Crippen LogP contribution in [-0.4, -0.2) is 52.0 Å². The Morgan fingerprint density at radius 1 is 1.17 bits per heavy atom. The van der Waals surface area contributed by atoms with E-state index >= 15 is 0 Å². The van der Waals surface area contributed by atoms with Gasteiger partial charge >= 0.3 is 5.97 Å². The van der Waals surface area contributed by atoms with E-state index in [0.717, 1.165) is 4.88 Å². The lowest BCUT2D eigenvalue weighted by atomic mass is 10.3. The molecule has 0 saturated carbocycles. The van der Waals surface area contributed by atoms with Crippen LogP contribution < -0.4 is 9.46 Å². The summed E-state index contributed by atoms with van der Waals surface area (Å²) in [7, 11) is -2.17. The fourth-order valence-electron chi connectivity index (χ4n) is 2.34. The van der Waals surface area contributed by atoms with Crippen molar-refractivity contribution in [1.29, 1.82) is 0 Å². The van der Waals surface area contributed by atoms with Crippen LogP contribution in [0.15, 0.2) is 41.3 Å². The van der Waals surface area contributed by atoms with Crippen LogP contribution in [0, 0.1) is 0 Å². The number of esters is 1. The zero-order valence-corrected chi connectivity index (χ0v) is 19.0. The molecule has 0 saturated heterocycles. The molecular weight excluding hydrogens is 452 g/mol. The minimum atomic E-state index is -3.76. The van der Waals surface area contributed by atoms with E-state index in [0.29, 0.717) is 23.2 Å². The van der Waals surface area contributed by atoms with Gasteiger partial charge < -0.3 is 14.4 Å². The van der Waals surface area contributed by atoms with E-state index in [2.05, 4.69) is 4.72 Å². The number of sulfonamides is 1. The lowest BCUT2D eigenvalue weighted by Crippen LogP contribution is -2.31. The van der Waals surface area contributed by atoms with Crippen molar-refractivity contribution in [3.8, 4) is 5.75 Å². The predicted molar refractivity (Wildman–Crippen MR) is 114 cm³/mol. The molecule has 0 radical (unpaired) electrons. The molecule has 0 aliphatic rings. The monoisotopic (exact) mass is 474 g/mol. The number of nitrogens with one attached hydrogen (secondary N) is 1. The quantitative estimate of drug-likeness (QED) is 0.502. The third kappa shape index (κ3) is 7.60. The Morgan fingerprint density at radius 2 is 1.87 bits per heavy atom. The van der Waals surface area contributed by atoms with Gasteiger partial charge in [0, 0.05) is 18.5 Å². The molecule has 8 nitrogen and oxygen atoms in total. The van der Waals surface area contributed by atoms with Crippen molar-refractivity contribution in [3.05, 3.63) is 45.6 Å². The molecule has 1 N–H and O–H groups in total. The van der Waals surface area contributed by atoms with Crippen LogP contribution in [0.1, 0.15) is 18.2 Å². The molecule has 0 aliphatic heterocycles. The van der Waals surface area contributed by atoms with Gasteiger partial charge in [-0.3, -0.25) is 9.59 Å². The summed E-state index contributed by atoms with van der Waals surface area (Å²) in [5.41, 5.74) is 0. The summed E-state index contributed by atoms with van der Waals surface area (Å²) in [4.78, 5) is 26.2. The van der Waals surface area contributed by atoms with Crippen LogP contribution >= 0.6 is 22.9 Å². The molecular formula is C19H23ClN2O6S2. The molecule has 0 bridgehead atoms. The smallest absolute Gasteiger partial charge is 0.307 e. The van der Waals surface area contributed by atoms with Gasteiger partial charge in [0.05, 0.1) is 28.8 Å². The number of hydrogen-bond donors (Lipinski definition) is 1. The first-order chi connectivity index (χ1) is 14.2. The third-order valence-electron chi connectivity index (χ3n) is 3.87. The Labute approximate surface area is 184 Å². The van der Waals surface area contributed by atoms with Gasteiger partial charge in [-0.15, -0.1) is 11.3 Å². The van der Waals surface area contributed by atoms with E-state index in [1.165, 1.54) is 28.4 Å². The third-order valence-corrected chi connectivity index (χ3v) is 6.56. The molecule has 1 amide bonds. The molecule has 30 heavy (non-hydrogen) atoms. The molecule has 164 valence electrons. The molecule has 2 rings (SSSR count). The van der Waals surface area contributed by atoms with Gasteiger partial charge in [0.15, 0.2) is 6.61 Å². The minimum Gasteiger partial charge on any atom is -0.494 e. The Kier molecular flexibility index (Phi) is 9.09. The SMILES string of the molecule is CCOc1ccc(S(=O)(=O)NCCC(=O)OCC(=O)N(C)Cc2ccc(Cl)s2)cc1. The molecule has 0 atom stereocenters. The Balaban J connectivity index is 1.72. The summed E-state index contributed by atoms with van der Waals surface area (Å²) in [6.07, 6.45) is -0.201. The summed E-state index contributed by atoms with van der Waals surface area (Å²) >= 11 is 7.22. The topological polar surface area (TPSA) is 102 Å². The van der Waals surface area contributed by atoms with Gasteiger partial charge in [0.1, 0.15) is 5.75 Å². The van der Waals surface area contributed by atoms with Gasteiger partial charge in [0.25, 0.3) is 5.91 Å². The maximum atomic E-state index is 12.2. The Hall–Kier alpha value is -2.14. The number of rotatable bonds is 11. The maximum Gasteiger partial charge on any atom is 0.307 e. The summed E-state index contributed by atoms with van der Waals surface area (Å²) in [6.45, 7) is 2.10. The zero-order valence-electron chi connectivity index (χ0n) is 16.6. The summed E-state index contributed by atoms with van der Waals surface area (Å²) in [6, 6.07) is 9.51. The van der Waals surface area contributed by atoms with Gasteiger partial charge in [-0.1, -0.05) is 11.6 Å². The predicted octanol–water partition coefficient (Wildman–Crippen LogP) is 2.67. The number of amides is 1. The highest BCUT2D eigenvalue weighted by atomic mass is 35.5. The van der Waals surface area contributed by atoms with Gasteiger partial charge in [-0.2, -0.15) is 0 Å². The molecule has 11 heteroatoms. The van der Waals surface area contributed by atoms with Gasteiger partial charge in [-0.25, -0.2) is 13.1 Å². The van der Waals surface area contributed by atoms with Crippen molar-refractivity contribution >= 4 is 44.8 Å². The molecule has 0 aliphatic carbocycles. The molecule has 1 aromatic heterocycles. The standard InChI is InChI=1S/C19H23ClN2O6S2/c1-3-27-14-4-7-16(8-5-14)30(25,26)21-11-10-19(24)28-13-18(23)22(2)12-15-6-9-17(20)29-15/h4-9,21H,3,10-13H2,1-2H3. The number of nitrogens with zero attached hydrogens (tertiary/aromatic N) is 1. The molecule has 0 spiro atoms.